The van der Waals surface area contributed by atoms with E-state index in [4.69, 9.17) is 0 Å². The number of nitro benzene ring substituents is 1. The third-order valence-corrected chi connectivity index (χ3v) is 4.42. The molecule has 3 aromatic carbocycles. The summed E-state index contributed by atoms with van der Waals surface area (Å²) in [6, 6.07) is 18.6. The zero-order valence-electron chi connectivity index (χ0n) is 15.0. The molecule has 0 fully saturated rings. The van der Waals surface area contributed by atoms with Crippen molar-refractivity contribution in [2.24, 2.45) is 0 Å². The van der Waals surface area contributed by atoms with Crippen LogP contribution in [-0.2, 0) is 0 Å². The minimum atomic E-state index is -0.468. The summed E-state index contributed by atoms with van der Waals surface area (Å²) in [5.41, 5.74) is 1.46. The number of hydrogen-bond acceptors (Lipinski definition) is 4. The number of non-ortho nitro benzene ring substituents is 1. The molecule has 4 aromatic rings. The quantitative estimate of drug-likeness (QED) is 0.379. The number of nitrogens with zero attached hydrogens (tertiary/aromatic N) is 3. The Morgan fingerprint density at radius 2 is 1.62 bits per heavy atom. The summed E-state index contributed by atoms with van der Waals surface area (Å²) in [6.45, 7) is 0. The Morgan fingerprint density at radius 3 is 2.31 bits per heavy atom. The summed E-state index contributed by atoms with van der Waals surface area (Å²) in [5, 5.41) is 11.2. The van der Waals surface area contributed by atoms with E-state index in [2.05, 4.69) is 4.98 Å². The van der Waals surface area contributed by atoms with Crippen molar-refractivity contribution in [3.63, 3.8) is 0 Å². The molecule has 6 nitrogen and oxygen atoms in total. The van der Waals surface area contributed by atoms with E-state index in [0.717, 1.165) is 0 Å². The van der Waals surface area contributed by atoms with Crippen LogP contribution in [0.15, 0.2) is 77.6 Å². The van der Waals surface area contributed by atoms with E-state index in [-0.39, 0.29) is 11.2 Å². The Hall–Kier alpha value is -4.13. The summed E-state index contributed by atoms with van der Waals surface area (Å²) in [4.78, 5) is 28.0. The molecule has 7 heteroatoms. The third-order valence-electron chi connectivity index (χ3n) is 4.42. The van der Waals surface area contributed by atoms with Gasteiger partial charge in [0.1, 0.15) is 11.6 Å². The molecule has 0 amide bonds. The van der Waals surface area contributed by atoms with Crippen LogP contribution >= 0.6 is 0 Å². The molecule has 0 bridgehead atoms. The Kier molecular flexibility index (Phi) is 4.70. The van der Waals surface area contributed by atoms with Crippen molar-refractivity contribution in [2.75, 3.05) is 0 Å². The van der Waals surface area contributed by atoms with Crippen LogP contribution in [0, 0.1) is 15.9 Å². The first kappa shape index (κ1) is 18.2. The number of rotatable bonds is 4. The third kappa shape index (κ3) is 3.66. The molecule has 4 rings (SSSR count). The lowest BCUT2D eigenvalue weighted by Crippen LogP contribution is -2.22. The van der Waals surface area contributed by atoms with E-state index in [9.17, 15) is 19.3 Å². The smallest absolute Gasteiger partial charge is 0.268 e. The predicted molar refractivity (Wildman–Crippen MR) is 109 cm³/mol. The lowest BCUT2D eigenvalue weighted by molar-refractivity contribution is -0.384. The lowest BCUT2D eigenvalue weighted by atomic mass is 10.2. The molecule has 0 unspecified atom stereocenters. The number of halogens is 1. The van der Waals surface area contributed by atoms with Crippen molar-refractivity contribution in [1.29, 1.82) is 0 Å². The first-order valence-corrected chi connectivity index (χ1v) is 8.73. The minimum Gasteiger partial charge on any atom is -0.268 e. The minimum absolute atomic E-state index is 0.00537. The summed E-state index contributed by atoms with van der Waals surface area (Å²) < 4.78 is 14.8. The summed E-state index contributed by atoms with van der Waals surface area (Å²) in [7, 11) is 0. The Morgan fingerprint density at radius 1 is 0.931 bits per heavy atom. The molecule has 0 aliphatic heterocycles. The first-order chi connectivity index (χ1) is 14.0. The van der Waals surface area contributed by atoms with Gasteiger partial charge in [-0.2, -0.15) is 0 Å². The molecule has 0 N–H and O–H groups in total. The Bertz CT molecular complexity index is 1290. The maximum absolute atomic E-state index is 13.4. The van der Waals surface area contributed by atoms with E-state index in [0.29, 0.717) is 28.0 Å². The average Bonchev–Trinajstić information content (AvgIpc) is 2.73. The van der Waals surface area contributed by atoms with Gasteiger partial charge in [0.05, 0.1) is 21.5 Å². The zero-order valence-corrected chi connectivity index (χ0v) is 15.0. The van der Waals surface area contributed by atoms with Gasteiger partial charge in [-0.3, -0.25) is 19.5 Å². The van der Waals surface area contributed by atoms with Gasteiger partial charge < -0.3 is 0 Å². The number of para-hydroxylation sites is 1. The van der Waals surface area contributed by atoms with E-state index in [1.165, 1.54) is 41.0 Å². The maximum atomic E-state index is 13.4. The van der Waals surface area contributed by atoms with E-state index in [1.807, 2.05) is 0 Å². The standard InChI is InChI=1S/C22H14FN3O3/c23-16-8-12-17(13-9-16)25-21(24-20-4-2-1-3-19(20)22(25)27)14-7-15-5-10-18(11-6-15)26(28)29/h1-14H/b14-7-. The summed E-state index contributed by atoms with van der Waals surface area (Å²) in [6.07, 6.45) is 3.36. The van der Waals surface area contributed by atoms with Crippen LogP contribution < -0.4 is 5.56 Å². The van der Waals surface area contributed by atoms with Crippen molar-refractivity contribution >= 4 is 28.7 Å². The summed E-state index contributed by atoms with van der Waals surface area (Å²) >= 11 is 0. The van der Waals surface area contributed by atoms with Gasteiger partial charge in [-0.25, -0.2) is 9.37 Å². The Labute approximate surface area is 164 Å². The van der Waals surface area contributed by atoms with Gasteiger partial charge in [-0.1, -0.05) is 18.2 Å². The molecular formula is C22H14FN3O3. The SMILES string of the molecule is O=c1c2ccccc2nc(/C=C\c2ccc([N+](=O)[O-])cc2)n1-c1ccc(F)cc1. The fourth-order valence-electron chi connectivity index (χ4n) is 2.98. The van der Waals surface area contributed by atoms with Gasteiger partial charge >= 0.3 is 0 Å². The van der Waals surface area contributed by atoms with Crippen molar-refractivity contribution in [1.82, 2.24) is 9.55 Å². The fourth-order valence-corrected chi connectivity index (χ4v) is 2.98. The Balaban J connectivity index is 1.86. The highest BCUT2D eigenvalue weighted by molar-refractivity contribution is 5.80. The molecule has 1 aromatic heterocycles. The fraction of sp³-hybridized carbons (Fsp3) is 0. The summed E-state index contributed by atoms with van der Waals surface area (Å²) in [5.74, 6) is -0.0443. The molecule has 0 spiro atoms. The van der Waals surface area contributed by atoms with Crippen LogP contribution in [0.3, 0.4) is 0 Å². The number of benzene rings is 3. The highest BCUT2D eigenvalue weighted by atomic mass is 19.1. The second-order valence-corrected chi connectivity index (χ2v) is 6.29. The first-order valence-electron chi connectivity index (χ1n) is 8.73. The highest BCUT2D eigenvalue weighted by Gasteiger charge is 2.11. The van der Waals surface area contributed by atoms with E-state index < -0.39 is 10.7 Å². The molecule has 0 aliphatic carbocycles. The molecule has 29 heavy (non-hydrogen) atoms. The van der Waals surface area contributed by atoms with Gasteiger partial charge in [-0.15, -0.1) is 0 Å². The normalized spacial score (nSPS) is 11.2. The largest absolute Gasteiger partial charge is 0.269 e. The van der Waals surface area contributed by atoms with Crippen LogP contribution in [0.1, 0.15) is 11.4 Å². The van der Waals surface area contributed by atoms with Gasteiger partial charge in [-0.05, 0) is 60.2 Å². The van der Waals surface area contributed by atoms with Gasteiger partial charge in [0.2, 0.25) is 0 Å². The zero-order chi connectivity index (χ0) is 20.4. The molecule has 0 atom stereocenters. The highest BCUT2D eigenvalue weighted by Crippen LogP contribution is 2.17. The number of fused-ring (bicyclic) bond motifs is 1. The van der Waals surface area contributed by atoms with Crippen LogP contribution in [0.25, 0.3) is 28.7 Å². The predicted octanol–water partition coefficient (Wildman–Crippen LogP) is 4.60. The van der Waals surface area contributed by atoms with Crippen molar-refractivity contribution < 1.29 is 9.31 Å². The van der Waals surface area contributed by atoms with Gasteiger partial charge in [0.15, 0.2) is 0 Å². The van der Waals surface area contributed by atoms with Crippen molar-refractivity contribution in [3.8, 4) is 5.69 Å². The van der Waals surface area contributed by atoms with Crippen LogP contribution in [0.5, 0.6) is 0 Å². The van der Waals surface area contributed by atoms with Crippen molar-refractivity contribution in [3.05, 3.63) is 110 Å². The number of aromatic nitrogens is 2. The average molecular weight is 387 g/mol. The maximum Gasteiger partial charge on any atom is 0.269 e. The topological polar surface area (TPSA) is 78.0 Å². The molecule has 0 saturated heterocycles. The lowest BCUT2D eigenvalue weighted by Gasteiger charge is -2.11. The number of nitro groups is 1. The van der Waals surface area contributed by atoms with Crippen LogP contribution in [0.4, 0.5) is 10.1 Å². The molecule has 1 heterocycles. The second-order valence-electron chi connectivity index (χ2n) is 6.29. The van der Waals surface area contributed by atoms with Crippen LogP contribution in [-0.4, -0.2) is 14.5 Å². The van der Waals surface area contributed by atoms with Gasteiger partial charge in [0, 0.05) is 12.1 Å². The molecule has 0 aliphatic rings. The molecule has 142 valence electrons. The second kappa shape index (κ2) is 7.47. The molecule has 0 saturated carbocycles. The molecular weight excluding hydrogens is 373 g/mol. The van der Waals surface area contributed by atoms with Crippen LogP contribution in [0.2, 0.25) is 0 Å². The van der Waals surface area contributed by atoms with Crippen molar-refractivity contribution in [2.45, 2.75) is 0 Å². The van der Waals surface area contributed by atoms with Gasteiger partial charge in [0.25, 0.3) is 11.2 Å². The monoisotopic (exact) mass is 387 g/mol. The van der Waals surface area contributed by atoms with E-state index in [1.54, 1.807) is 48.6 Å². The number of hydrogen-bond donors (Lipinski definition) is 0. The molecule has 0 radical (unpaired) electrons. The van der Waals surface area contributed by atoms with E-state index >= 15 is 0 Å².